The number of pyridine rings is 1. The monoisotopic (exact) mass is 468 g/mol. The average molecular weight is 469 g/mol. The predicted octanol–water partition coefficient (Wildman–Crippen LogP) is 5.15. The smallest absolute Gasteiger partial charge is 0.244 e. The van der Waals surface area contributed by atoms with Gasteiger partial charge in [0.05, 0.1) is 22.9 Å². The lowest BCUT2D eigenvalue weighted by Gasteiger charge is -2.35. The summed E-state index contributed by atoms with van der Waals surface area (Å²) in [6, 6.07) is 13.1. The van der Waals surface area contributed by atoms with Crippen LogP contribution in [-0.4, -0.2) is 33.7 Å². The van der Waals surface area contributed by atoms with Crippen LogP contribution in [0, 0.1) is 25.2 Å². The van der Waals surface area contributed by atoms with E-state index in [0.717, 1.165) is 53.7 Å². The topological polar surface area (TPSA) is 79.9 Å². The largest absolute Gasteiger partial charge is 0.375 e. The van der Waals surface area contributed by atoms with Gasteiger partial charge in [0, 0.05) is 29.8 Å². The van der Waals surface area contributed by atoms with Crippen LogP contribution < -0.4 is 5.32 Å². The molecule has 35 heavy (non-hydrogen) atoms. The first-order valence-corrected chi connectivity index (χ1v) is 12.4. The number of hydrogen-bond acceptors (Lipinski definition) is 4. The number of nitrogens with zero attached hydrogens (tertiary/aromatic N) is 3. The van der Waals surface area contributed by atoms with Crippen molar-refractivity contribution in [2.45, 2.75) is 71.1 Å². The summed E-state index contributed by atoms with van der Waals surface area (Å²) in [4.78, 5) is 17.8. The van der Waals surface area contributed by atoms with Crippen LogP contribution in [0.3, 0.4) is 0 Å². The van der Waals surface area contributed by atoms with Crippen LogP contribution in [0.25, 0.3) is 17.1 Å². The lowest BCUT2D eigenvalue weighted by Crippen LogP contribution is -2.45. The Balaban J connectivity index is 1.57. The molecule has 180 valence electrons. The van der Waals surface area contributed by atoms with Crippen molar-refractivity contribution in [3.63, 3.8) is 0 Å². The highest BCUT2D eigenvalue weighted by Gasteiger charge is 2.31. The van der Waals surface area contributed by atoms with Gasteiger partial charge in [-0.25, -0.2) is 4.98 Å². The Hall–Kier alpha value is -3.43. The molecule has 1 aliphatic carbocycles. The lowest BCUT2D eigenvalue weighted by atomic mass is 9.94. The number of nitrogens with one attached hydrogen (secondary N) is 1. The highest BCUT2D eigenvalue weighted by atomic mass is 16.5. The Labute approximate surface area is 206 Å². The van der Waals surface area contributed by atoms with Gasteiger partial charge in [-0.2, -0.15) is 5.26 Å². The predicted molar refractivity (Wildman–Crippen MR) is 137 cm³/mol. The zero-order valence-electron chi connectivity index (χ0n) is 20.9. The first-order valence-electron chi connectivity index (χ1n) is 12.4. The normalized spacial score (nSPS) is 21.2. The third-order valence-electron chi connectivity index (χ3n) is 7.28. The molecule has 2 aliphatic rings. The number of carbonyl (C=O) groups is 1. The molecule has 0 bridgehead atoms. The maximum atomic E-state index is 12.9. The molecule has 1 aromatic carbocycles. The molecule has 2 atom stereocenters. The fourth-order valence-corrected chi connectivity index (χ4v) is 5.82. The van der Waals surface area contributed by atoms with Crippen molar-refractivity contribution in [1.29, 1.82) is 5.26 Å². The van der Waals surface area contributed by atoms with Gasteiger partial charge in [-0.1, -0.05) is 24.3 Å². The minimum Gasteiger partial charge on any atom is -0.375 e. The lowest BCUT2D eigenvalue weighted by molar-refractivity contribution is -0.119. The van der Waals surface area contributed by atoms with Gasteiger partial charge < -0.3 is 14.6 Å². The Bertz CT molecular complexity index is 1380. The summed E-state index contributed by atoms with van der Waals surface area (Å²) in [5.74, 6) is -0.152. The molecule has 0 radical (unpaired) electrons. The molecule has 1 N–H and O–H groups in total. The van der Waals surface area contributed by atoms with Gasteiger partial charge in [-0.15, -0.1) is 0 Å². The van der Waals surface area contributed by atoms with Gasteiger partial charge in [0.2, 0.25) is 5.91 Å². The van der Waals surface area contributed by atoms with E-state index in [-0.39, 0.29) is 23.6 Å². The van der Waals surface area contributed by atoms with Crippen molar-refractivity contribution in [3.05, 3.63) is 70.0 Å². The molecule has 0 spiro atoms. The number of benzene rings is 1. The summed E-state index contributed by atoms with van der Waals surface area (Å²) < 4.78 is 7.96. The molecular formula is C29H32N4O2. The fourth-order valence-electron chi connectivity index (χ4n) is 5.82. The van der Waals surface area contributed by atoms with Gasteiger partial charge >= 0.3 is 0 Å². The number of rotatable bonds is 4. The SMILES string of the molecule is Cc1cc(C)c2c(C#N)c(C=CC(=O)NC3CCOC(C)(C)C3)n(C3CCc4ccccc43)c2n1. The highest BCUT2D eigenvalue weighted by Crippen LogP contribution is 2.40. The van der Waals surface area contributed by atoms with E-state index in [1.165, 1.54) is 11.1 Å². The summed E-state index contributed by atoms with van der Waals surface area (Å²) in [6.07, 6.45) is 6.86. The molecule has 2 unspecified atom stereocenters. The van der Waals surface area contributed by atoms with E-state index in [0.29, 0.717) is 12.2 Å². The summed E-state index contributed by atoms with van der Waals surface area (Å²) in [7, 11) is 0. The van der Waals surface area contributed by atoms with Gasteiger partial charge in [0.1, 0.15) is 11.7 Å². The number of ether oxygens (including phenoxy) is 1. The van der Waals surface area contributed by atoms with Crippen molar-refractivity contribution in [2.75, 3.05) is 6.61 Å². The molecule has 2 aromatic heterocycles. The van der Waals surface area contributed by atoms with Crippen molar-refractivity contribution in [3.8, 4) is 6.07 Å². The fraction of sp³-hybridized carbons (Fsp3) is 0.414. The van der Waals surface area contributed by atoms with Crippen molar-refractivity contribution in [1.82, 2.24) is 14.9 Å². The van der Waals surface area contributed by atoms with E-state index in [4.69, 9.17) is 9.72 Å². The second-order valence-electron chi connectivity index (χ2n) is 10.4. The standard InChI is InChI=1S/C29H32N4O2/c1-18-15-19(2)31-28-27(18)23(17-30)25(33(28)24-10-9-20-7-5-6-8-22(20)24)11-12-26(34)32-21-13-14-35-29(3,4)16-21/h5-8,11-12,15,21,24H,9-10,13-14,16H2,1-4H3,(H,32,34). The van der Waals surface area contributed by atoms with Crippen LogP contribution in [0.15, 0.2) is 36.4 Å². The number of nitriles is 1. The van der Waals surface area contributed by atoms with Crippen molar-refractivity contribution >= 4 is 23.0 Å². The minimum absolute atomic E-state index is 0.0727. The maximum absolute atomic E-state index is 12.9. The zero-order valence-corrected chi connectivity index (χ0v) is 20.9. The van der Waals surface area contributed by atoms with Gasteiger partial charge in [-0.05, 0) is 82.2 Å². The van der Waals surface area contributed by atoms with E-state index >= 15 is 0 Å². The van der Waals surface area contributed by atoms with Crippen LogP contribution in [0.2, 0.25) is 0 Å². The molecule has 5 rings (SSSR count). The number of amides is 1. The summed E-state index contributed by atoms with van der Waals surface area (Å²) >= 11 is 0. The molecule has 1 aliphatic heterocycles. The summed E-state index contributed by atoms with van der Waals surface area (Å²) in [5, 5.41) is 14.2. The van der Waals surface area contributed by atoms with E-state index < -0.39 is 0 Å². The minimum atomic E-state index is -0.239. The molecule has 1 saturated heterocycles. The van der Waals surface area contributed by atoms with Crippen molar-refractivity contribution < 1.29 is 9.53 Å². The van der Waals surface area contributed by atoms with Gasteiger partial charge in [0.15, 0.2) is 0 Å². The second kappa shape index (κ2) is 8.98. The van der Waals surface area contributed by atoms with Gasteiger partial charge in [0.25, 0.3) is 0 Å². The average Bonchev–Trinajstić information content (AvgIpc) is 3.35. The molecule has 3 heterocycles. The quantitative estimate of drug-likeness (QED) is 0.537. The Morgan fingerprint density at radius 3 is 2.86 bits per heavy atom. The first-order chi connectivity index (χ1) is 16.8. The summed E-state index contributed by atoms with van der Waals surface area (Å²) in [5.41, 5.74) is 6.43. The molecule has 6 nitrogen and oxygen atoms in total. The number of carbonyl (C=O) groups excluding carboxylic acids is 1. The third kappa shape index (κ3) is 4.37. The second-order valence-corrected chi connectivity index (χ2v) is 10.4. The van der Waals surface area contributed by atoms with Crippen molar-refractivity contribution in [2.24, 2.45) is 0 Å². The summed E-state index contributed by atoms with van der Waals surface area (Å²) in [6.45, 7) is 8.75. The van der Waals surface area contributed by atoms with E-state index in [1.807, 2.05) is 19.9 Å². The Morgan fingerprint density at radius 2 is 2.09 bits per heavy atom. The molecule has 3 aromatic rings. The molecule has 1 amide bonds. The number of aryl methyl sites for hydroxylation is 3. The zero-order chi connectivity index (χ0) is 24.7. The van der Waals surface area contributed by atoms with E-state index in [2.05, 4.69) is 54.1 Å². The molecule has 6 heteroatoms. The van der Waals surface area contributed by atoms with Crippen LogP contribution in [0.4, 0.5) is 0 Å². The van der Waals surface area contributed by atoms with E-state index in [9.17, 15) is 10.1 Å². The Kier molecular flexibility index (Phi) is 5.98. The molecular weight excluding hydrogens is 436 g/mol. The van der Waals surface area contributed by atoms with Gasteiger partial charge in [-0.3, -0.25) is 4.79 Å². The number of fused-ring (bicyclic) bond motifs is 2. The number of hydrogen-bond donors (Lipinski definition) is 1. The maximum Gasteiger partial charge on any atom is 0.244 e. The molecule has 1 fully saturated rings. The Morgan fingerprint density at radius 1 is 1.29 bits per heavy atom. The van der Waals surface area contributed by atoms with E-state index in [1.54, 1.807) is 12.2 Å². The van der Waals surface area contributed by atoms with Crippen LogP contribution >= 0.6 is 0 Å². The highest BCUT2D eigenvalue weighted by molar-refractivity contribution is 5.96. The van der Waals surface area contributed by atoms with Crippen LogP contribution in [0.1, 0.15) is 72.8 Å². The first kappa shape index (κ1) is 23.3. The number of aromatic nitrogens is 2. The van der Waals surface area contributed by atoms with Crippen LogP contribution in [0.5, 0.6) is 0 Å². The third-order valence-corrected chi connectivity index (χ3v) is 7.28. The molecule has 0 saturated carbocycles. The van der Waals surface area contributed by atoms with Crippen LogP contribution in [-0.2, 0) is 16.0 Å².